The molecule has 1 saturated carbocycles. The fourth-order valence-corrected chi connectivity index (χ4v) is 7.12. The number of benzene rings is 1. The average molecular weight is 501 g/mol. The minimum absolute atomic E-state index is 0.0156. The van der Waals surface area contributed by atoms with Crippen LogP contribution in [0.3, 0.4) is 0 Å². The number of nitrogens with zero attached hydrogens (tertiary/aromatic N) is 2. The van der Waals surface area contributed by atoms with Crippen molar-refractivity contribution in [2.75, 3.05) is 39.9 Å². The SMILES string of the molecule is C=CC=C(C=C)CN(CC(=C)C=C)C1CCOC2C3Cc4ccc(OC)cc4C2(CCN3CC2CC2)C1. The Balaban J connectivity index is 1.53. The van der Waals surface area contributed by atoms with E-state index in [0.29, 0.717) is 12.1 Å². The van der Waals surface area contributed by atoms with Crippen molar-refractivity contribution < 1.29 is 9.47 Å². The average Bonchev–Trinajstić information content (AvgIpc) is 3.75. The second-order valence-electron chi connectivity index (χ2n) is 11.5. The van der Waals surface area contributed by atoms with E-state index in [4.69, 9.17) is 9.47 Å². The molecule has 3 fully saturated rings. The zero-order valence-corrected chi connectivity index (χ0v) is 22.7. The Morgan fingerprint density at radius 3 is 2.73 bits per heavy atom. The maximum absolute atomic E-state index is 6.92. The van der Waals surface area contributed by atoms with Gasteiger partial charge in [0, 0.05) is 43.7 Å². The van der Waals surface area contributed by atoms with Crippen LogP contribution in [0.5, 0.6) is 5.75 Å². The summed E-state index contributed by atoms with van der Waals surface area (Å²) >= 11 is 0. The van der Waals surface area contributed by atoms with Crippen LogP contribution >= 0.6 is 0 Å². The number of hydrogen-bond donors (Lipinski definition) is 0. The van der Waals surface area contributed by atoms with E-state index in [-0.39, 0.29) is 11.5 Å². The fraction of sp³-hybridized carbons (Fsp3) is 0.515. The standard InChI is InChI=1S/C33H44N2O2/c1-6-9-25(8-3)22-35(21-24(4)7-2)28-14-17-37-32-31-18-27-12-13-29(36-5)19-30(27)33(32,20-28)15-16-34(31)23-26-10-11-26/h6-9,12-13,19,26,28,31-32H,1-4,10-11,14-18,20-23H2,5H3. The lowest BCUT2D eigenvalue weighted by molar-refractivity contribution is -0.0928. The molecular weight excluding hydrogens is 456 g/mol. The second-order valence-corrected chi connectivity index (χ2v) is 11.5. The van der Waals surface area contributed by atoms with Gasteiger partial charge in [-0.05, 0) is 85.4 Å². The van der Waals surface area contributed by atoms with Crippen molar-refractivity contribution in [3.63, 3.8) is 0 Å². The third kappa shape index (κ3) is 5.30. The summed E-state index contributed by atoms with van der Waals surface area (Å²) in [5.74, 6) is 1.84. The normalized spacial score (nSPS) is 29.6. The van der Waals surface area contributed by atoms with Gasteiger partial charge < -0.3 is 9.47 Å². The Labute approximate surface area is 224 Å². The van der Waals surface area contributed by atoms with Crippen molar-refractivity contribution in [3.8, 4) is 5.75 Å². The Morgan fingerprint density at radius 1 is 1.19 bits per heavy atom. The van der Waals surface area contributed by atoms with Gasteiger partial charge in [0.1, 0.15) is 5.75 Å². The van der Waals surface area contributed by atoms with Crippen LogP contribution in [0.2, 0.25) is 0 Å². The van der Waals surface area contributed by atoms with Crippen molar-refractivity contribution in [1.82, 2.24) is 9.80 Å². The molecule has 0 spiro atoms. The van der Waals surface area contributed by atoms with Gasteiger partial charge in [0.2, 0.25) is 0 Å². The largest absolute Gasteiger partial charge is 0.497 e. The zero-order valence-electron chi connectivity index (χ0n) is 22.7. The van der Waals surface area contributed by atoms with Gasteiger partial charge in [-0.15, -0.1) is 0 Å². The molecule has 2 saturated heterocycles. The van der Waals surface area contributed by atoms with Crippen LogP contribution in [0.4, 0.5) is 0 Å². The minimum Gasteiger partial charge on any atom is -0.497 e. The zero-order chi connectivity index (χ0) is 26.0. The third-order valence-electron chi connectivity index (χ3n) is 9.22. The lowest BCUT2D eigenvalue weighted by atomic mass is 9.59. The Bertz CT molecular complexity index is 1070. The summed E-state index contributed by atoms with van der Waals surface area (Å²) in [6.07, 6.45) is 15.1. The summed E-state index contributed by atoms with van der Waals surface area (Å²) in [6.45, 7) is 21.0. The molecule has 37 heavy (non-hydrogen) atoms. The first-order valence-electron chi connectivity index (χ1n) is 14.0. The maximum Gasteiger partial charge on any atom is 0.119 e. The summed E-state index contributed by atoms with van der Waals surface area (Å²) < 4.78 is 12.6. The van der Waals surface area contributed by atoms with Crippen molar-refractivity contribution in [1.29, 1.82) is 0 Å². The van der Waals surface area contributed by atoms with Crippen LogP contribution in [0, 0.1) is 5.92 Å². The number of rotatable bonds is 11. The van der Waals surface area contributed by atoms with Gasteiger partial charge in [-0.1, -0.05) is 56.7 Å². The molecule has 0 N–H and O–H groups in total. The van der Waals surface area contributed by atoms with Crippen molar-refractivity contribution >= 4 is 0 Å². The maximum atomic E-state index is 6.92. The summed E-state index contributed by atoms with van der Waals surface area (Å²) in [5, 5.41) is 0. The van der Waals surface area contributed by atoms with E-state index >= 15 is 0 Å². The summed E-state index contributed by atoms with van der Waals surface area (Å²) in [7, 11) is 1.78. The molecule has 0 amide bonds. The quantitative estimate of drug-likeness (QED) is 0.355. The Kier molecular flexibility index (Phi) is 7.90. The van der Waals surface area contributed by atoms with Crippen LogP contribution in [0.1, 0.15) is 43.2 Å². The van der Waals surface area contributed by atoms with E-state index in [1.54, 1.807) is 7.11 Å². The van der Waals surface area contributed by atoms with E-state index in [2.05, 4.69) is 60.4 Å². The van der Waals surface area contributed by atoms with Gasteiger partial charge in [-0.3, -0.25) is 9.80 Å². The lowest BCUT2D eigenvalue weighted by Gasteiger charge is -2.56. The molecule has 4 heteroatoms. The number of methoxy groups -OCH3 is 1. The van der Waals surface area contributed by atoms with Gasteiger partial charge >= 0.3 is 0 Å². The third-order valence-corrected chi connectivity index (χ3v) is 9.22. The monoisotopic (exact) mass is 500 g/mol. The molecular formula is C33H44N2O2. The molecule has 0 radical (unpaired) electrons. The van der Waals surface area contributed by atoms with E-state index < -0.39 is 0 Å². The highest BCUT2D eigenvalue weighted by molar-refractivity contribution is 5.46. The molecule has 4 nitrogen and oxygen atoms in total. The first-order valence-corrected chi connectivity index (χ1v) is 14.0. The Hall–Kier alpha value is -2.40. The van der Waals surface area contributed by atoms with Gasteiger partial charge in [0.05, 0.1) is 13.2 Å². The van der Waals surface area contributed by atoms with Crippen LogP contribution in [0.15, 0.2) is 80.0 Å². The van der Waals surface area contributed by atoms with Crippen LogP contribution < -0.4 is 4.74 Å². The molecule has 198 valence electrons. The van der Waals surface area contributed by atoms with Gasteiger partial charge in [0.25, 0.3) is 0 Å². The van der Waals surface area contributed by atoms with Gasteiger partial charge in [0.15, 0.2) is 0 Å². The van der Waals surface area contributed by atoms with E-state index in [1.807, 2.05) is 18.2 Å². The minimum atomic E-state index is -0.0156. The van der Waals surface area contributed by atoms with Crippen molar-refractivity contribution in [2.45, 2.75) is 62.1 Å². The number of ether oxygens (including phenoxy) is 2. The molecule has 1 aromatic carbocycles. The number of allylic oxidation sites excluding steroid dienone is 2. The second kappa shape index (κ2) is 11.1. The highest BCUT2D eigenvalue weighted by Gasteiger charge is 2.56. The molecule has 2 bridgehead atoms. The predicted molar refractivity (Wildman–Crippen MR) is 153 cm³/mol. The molecule has 2 aliphatic heterocycles. The summed E-state index contributed by atoms with van der Waals surface area (Å²) in [6, 6.07) is 7.60. The highest BCUT2D eigenvalue weighted by Crippen LogP contribution is 2.52. The highest BCUT2D eigenvalue weighted by atomic mass is 16.5. The smallest absolute Gasteiger partial charge is 0.119 e. The topological polar surface area (TPSA) is 24.9 Å². The number of likely N-dealkylation sites (tertiary alicyclic amines) is 1. The van der Waals surface area contributed by atoms with Crippen LogP contribution in [-0.4, -0.2) is 67.9 Å². The molecule has 0 aromatic heterocycles. The first kappa shape index (κ1) is 26.2. The van der Waals surface area contributed by atoms with Gasteiger partial charge in [-0.2, -0.15) is 0 Å². The first-order chi connectivity index (χ1) is 18.0. The van der Waals surface area contributed by atoms with Gasteiger partial charge in [-0.25, -0.2) is 0 Å². The Morgan fingerprint density at radius 2 is 2.03 bits per heavy atom. The summed E-state index contributed by atoms with van der Waals surface area (Å²) in [4.78, 5) is 5.34. The number of hydrogen-bond acceptors (Lipinski definition) is 4. The predicted octanol–water partition coefficient (Wildman–Crippen LogP) is 5.86. The fourth-order valence-electron chi connectivity index (χ4n) is 7.12. The van der Waals surface area contributed by atoms with E-state index in [0.717, 1.165) is 69.2 Å². The molecule has 4 unspecified atom stereocenters. The summed E-state index contributed by atoms with van der Waals surface area (Å²) in [5.41, 5.74) is 5.14. The van der Waals surface area contributed by atoms with Crippen molar-refractivity contribution in [3.05, 3.63) is 91.1 Å². The van der Waals surface area contributed by atoms with Crippen LogP contribution in [0.25, 0.3) is 0 Å². The lowest BCUT2D eigenvalue weighted by Crippen LogP contribution is -2.64. The number of fused-ring (bicyclic) bond motifs is 1. The van der Waals surface area contributed by atoms with Crippen molar-refractivity contribution in [2.24, 2.45) is 5.92 Å². The van der Waals surface area contributed by atoms with E-state index in [9.17, 15) is 0 Å². The number of piperidine rings is 1. The van der Waals surface area contributed by atoms with E-state index in [1.165, 1.54) is 36.1 Å². The molecule has 4 atom stereocenters. The molecule has 2 aliphatic carbocycles. The molecule has 2 heterocycles. The molecule has 5 rings (SSSR count). The molecule has 4 aliphatic rings. The van der Waals surface area contributed by atoms with Crippen LogP contribution in [-0.2, 0) is 16.6 Å². The molecule has 1 aromatic rings.